The first kappa shape index (κ1) is 15.5. The molecule has 106 valence electrons. The second kappa shape index (κ2) is 6.70. The third-order valence-electron chi connectivity index (χ3n) is 3.40. The minimum absolute atomic E-state index is 0.0421. The van der Waals surface area contributed by atoms with Crippen LogP contribution in [-0.4, -0.2) is 7.05 Å². The van der Waals surface area contributed by atoms with Crippen molar-refractivity contribution in [1.29, 1.82) is 0 Å². The van der Waals surface area contributed by atoms with Crippen LogP contribution in [0, 0.1) is 12.7 Å². The van der Waals surface area contributed by atoms with E-state index in [4.69, 9.17) is 11.6 Å². The lowest BCUT2D eigenvalue weighted by atomic mass is 9.95. The minimum atomic E-state index is -0.220. The van der Waals surface area contributed by atoms with Gasteiger partial charge in [0.15, 0.2) is 0 Å². The van der Waals surface area contributed by atoms with Gasteiger partial charge in [0.2, 0.25) is 0 Å². The smallest absolute Gasteiger partial charge is 0.126 e. The van der Waals surface area contributed by atoms with Gasteiger partial charge in [-0.15, -0.1) is 0 Å². The Morgan fingerprint density at radius 3 is 2.70 bits per heavy atom. The van der Waals surface area contributed by atoms with E-state index in [0.29, 0.717) is 17.0 Å². The Kier molecular flexibility index (Phi) is 5.19. The summed E-state index contributed by atoms with van der Waals surface area (Å²) in [5, 5.41) is 3.81. The van der Waals surface area contributed by atoms with Crippen molar-refractivity contribution in [3.05, 3.63) is 68.4 Å². The molecule has 1 N–H and O–H groups in total. The highest BCUT2D eigenvalue weighted by Crippen LogP contribution is 2.26. The van der Waals surface area contributed by atoms with Gasteiger partial charge in [0.25, 0.3) is 0 Å². The summed E-state index contributed by atoms with van der Waals surface area (Å²) in [4.78, 5) is 0. The minimum Gasteiger partial charge on any atom is -0.313 e. The molecule has 2 aromatic rings. The van der Waals surface area contributed by atoms with Gasteiger partial charge in [-0.3, -0.25) is 0 Å². The fraction of sp³-hybridized carbons (Fsp3) is 0.250. The average Bonchev–Trinajstić information content (AvgIpc) is 2.42. The van der Waals surface area contributed by atoms with Crippen LogP contribution in [0.25, 0.3) is 0 Å². The molecule has 20 heavy (non-hydrogen) atoms. The quantitative estimate of drug-likeness (QED) is 0.808. The molecule has 0 saturated carbocycles. The maximum atomic E-state index is 13.9. The molecule has 0 saturated heterocycles. The van der Waals surface area contributed by atoms with Crippen molar-refractivity contribution in [3.8, 4) is 0 Å². The summed E-state index contributed by atoms with van der Waals surface area (Å²) in [5.74, 6) is -0.220. The van der Waals surface area contributed by atoms with Crippen LogP contribution >= 0.6 is 27.5 Å². The molecule has 4 heteroatoms. The van der Waals surface area contributed by atoms with E-state index in [2.05, 4.69) is 40.3 Å². The van der Waals surface area contributed by atoms with E-state index < -0.39 is 0 Å². The number of hydrogen-bond acceptors (Lipinski definition) is 1. The molecule has 0 spiro atoms. The van der Waals surface area contributed by atoms with Crippen molar-refractivity contribution < 1.29 is 4.39 Å². The zero-order valence-electron chi connectivity index (χ0n) is 11.4. The predicted octanol–water partition coefficient (Wildman–Crippen LogP) is 5.05. The number of halogens is 3. The van der Waals surface area contributed by atoms with E-state index >= 15 is 0 Å². The Labute approximate surface area is 132 Å². The van der Waals surface area contributed by atoms with E-state index in [-0.39, 0.29) is 11.9 Å². The lowest BCUT2D eigenvalue weighted by molar-refractivity contribution is 0.552. The molecule has 0 aliphatic carbocycles. The number of likely N-dealkylation sites (N-methyl/N-ethyl adjacent to an activating group) is 1. The zero-order chi connectivity index (χ0) is 14.7. The summed E-state index contributed by atoms with van der Waals surface area (Å²) in [6.07, 6.45) is 0.556. The van der Waals surface area contributed by atoms with E-state index in [1.54, 1.807) is 12.1 Å². The molecular formula is C16H16BrClFN. The molecule has 0 heterocycles. The van der Waals surface area contributed by atoms with Crippen molar-refractivity contribution in [2.75, 3.05) is 7.05 Å². The molecule has 1 nitrogen and oxygen atoms in total. The van der Waals surface area contributed by atoms with Crippen molar-refractivity contribution in [3.63, 3.8) is 0 Å². The number of aryl methyl sites for hydroxylation is 1. The average molecular weight is 357 g/mol. The Bertz CT molecular complexity index is 615. The predicted molar refractivity (Wildman–Crippen MR) is 85.8 cm³/mol. The van der Waals surface area contributed by atoms with Crippen LogP contribution < -0.4 is 5.32 Å². The number of nitrogens with one attached hydrogen (secondary N) is 1. The molecule has 1 unspecified atom stereocenters. The monoisotopic (exact) mass is 355 g/mol. The molecule has 0 amide bonds. The number of rotatable bonds is 4. The maximum Gasteiger partial charge on any atom is 0.126 e. The first-order chi connectivity index (χ1) is 9.51. The molecule has 2 aromatic carbocycles. The Morgan fingerprint density at radius 2 is 2.00 bits per heavy atom. The summed E-state index contributed by atoms with van der Waals surface area (Å²) < 4.78 is 14.9. The standard InChI is InChI=1S/C16H16BrClFN/c1-10-3-4-12(17)9-14(10)16(20-2)8-11-7-13(18)5-6-15(11)19/h3-7,9,16,20H,8H2,1-2H3. The van der Waals surface area contributed by atoms with Crippen LogP contribution in [0.15, 0.2) is 40.9 Å². The largest absolute Gasteiger partial charge is 0.313 e. The fourth-order valence-electron chi connectivity index (χ4n) is 2.27. The summed E-state index contributed by atoms with van der Waals surface area (Å²) in [6, 6.07) is 10.8. The van der Waals surface area contributed by atoms with Gasteiger partial charge in [-0.25, -0.2) is 4.39 Å². The maximum absolute atomic E-state index is 13.9. The van der Waals surface area contributed by atoms with Crippen molar-refractivity contribution in [2.24, 2.45) is 0 Å². The molecule has 0 bridgehead atoms. The Balaban J connectivity index is 2.33. The van der Waals surface area contributed by atoms with Gasteiger partial charge in [-0.1, -0.05) is 33.6 Å². The summed E-state index contributed by atoms with van der Waals surface area (Å²) in [6.45, 7) is 2.06. The van der Waals surface area contributed by atoms with Crippen molar-refractivity contribution in [2.45, 2.75) is 19.4 Å². The van der Waals surface area contributed by atoms with Crippen LogP contribution in [0.1, 0.15) is 22.7 Å². The summed E-state index contributed by atoms with van der Waals surface area (Å²) >= 11 is 9.43. The third-order valence-corrected chi connectivity index (χ3v) is 4.13. The highest BCUT2D eigenvalue weighted by atomic mass is 79.9. The van der Waals surface area contributed by atoms with Crippen LogP contribution in [0.3, 0.4) is 0 Å². The van der Waals surface area contributed by atoms with Crippen LogP contribution in [-0.2, 0) is 6.42 Å². The molecule has 0 aliphatic heterocycles. The Hall–Kier alpha value is -0.900. The second-order valence-corrected chi connectivity index (χ2v) is 6.13. The molecule has 0 aromatic heterocycles. The van der Waals surface area contributed by atoms with Crippen LogP contribution in [0.4, 0.5) is 4.39 Å². The zero-order valence-corrected chi connectivity index (χ0v) is 13.7. The first-order valence-corrected chi connectivity index (χ1v) is 7.55. The first-order valence-electron chi connectivity index (χ1n) is 6.38. The van der Waals surface area contributed by atoms with Gasteiger partial charge < -0.3 is 5.32 Å². The second-order valence-electron chi connectivity index (χ2n) is 4.78. The fourth-order valence-corrected chi connectivity index (χ4v) is 2.85. The number of hydrogen-bond donors (Lipinski definition) is 1. The summed E-state index contributed by atoms with van der Waals surface area (Å²) in [5.41, 5.74) is 2.95. The highest BCUT2D eigenvalue weighted by Gasteiger charge is 2.15. The van der Waals surface area contributed by atoms with Gasteiger partial charge in [0.1, 0.15) is 5.82 Å². The van der Waals surface area contributed by atoms with Gasteiger partial charge in [-0.05, 0) is 67.4 Å². The molecule has 0 aliphatic rings. The van der Waals surface area contributed by atoms with Crippen molar-refractivity contribution >= 4 is 27.5 Å². The molecule has 0 fully saturated rings. The molecule has 2 rings (SSSR count). The van der Waals surface area contributed by atoms with Gasteiger partial charge in [-0.2, -0.15) is 0 Å². The van der Waals surface area contributed by atoms with Crippen molar-refractivity contribution in [1.82, 2.24) is 5.32 Å². The van der Waals surface area contributed by atoms with E-state index in [0.717, 1.165) is 10.0 Å². The number of benzene rings is 2. The lowest BCUT2D eigenvalue weighted by Crippen LogP contribution is -2.20. The van der Waals surface area contributed by atoms with Crippen LogP contribution in [0.2, 0.25) is 5.02 Å². The topological polar surface area (TPSA) is 12.0 Å². The van der Waals surface area contributed by atoms with Gasteiger partial charge in [0.05, 0.1) is 0 Å². The third kappa shape index (κ3) is 3.60. The SMILES string of the molecule is CNC(Cc1cc(Cl)ccc1F)c1cc(Br)ccc1C. The van der Waals surface area contributed by atoms with E-state index in [1.165, 1.54) is 11.6 Å². The molecule has 0 radical (unpaired) electrons. The van der Waals surface area contributed by atoms with Gasteiger partial charge in [0, 0.05) is 15.5 Å². The van der Waals surface area contributed by atoms with E-state index in [1.807, 2.05) is 13.1 Å². The molecule has 1 atom stereocenters. The van der Waals surface area contributed by atoms with Crippen LogP contribution in [0.5, 0.6) is 0 Å². The normalized spacial score (nSPS) is 12.4. The summed E-state index contributed by atoms with van der Waals surface area (Å²) in [7, 11) is 1.88. The van der Waals surface area contributed by atoms with E-state index in [9.17, 15) is 4.39 Å². The molecular weight excluding hydrogens is 341 g/mol. The Morgan fingerprint density at radius 1 is 1.25 bits per heavy atom. The van der Waals surface area contributed by atoms with Gasteiger partial charge >= 0.3 is 0 Å². The highest BCUT2D eigenvalue weighted by molar-refractivity contribution is 9.10. The lowest BCUT2D eigenvalue weighted by Gasteiger charge is -2.20.